The minimum atomic E-state index is -1.16. The zero-order valence-corrected chi connectivity index (χ0v) is 9.75. The molecule has 0 aliphatic heterocycles. The molecule has 0 radical (unpaired) electrons. The lowest BCUT2D eigenvalue weighted by Crippen LogP contribution is -2.31. The van der Waals surface area contributed by atoms with Crippen LogP contribution in [0.4, 0.5) is 0 Å². The average Bonchev–Trinajstić information content (AvgIpc) is 2.27. The number of phenolic OH excluding ortho intramolecular Hbond substituents is 1. The molecule has 0 saturated heterocycles. The quantitative estimate of drug-likeness (QED) is 0.775. The Kier molecular flexibility index (Phi) is 4.09. The van der Waals surface area contributed by atoms with Gasteiger partial charge in [-0.05, 0) is 13.0 Å². The number of benzene rings is 1. The number of amides is 1. The highest BCUT2D eigenvalue weighted by molar-refractivity contribution is 5.93. The summed E-state index contributed by atoms with van der Waals surface area (Å²) < 4.78 is 0. The van der Waals surface area contributed by atoms with Crippen molar-refractivity contribution in [3.8, 4) is 5.75 Å². The van der Waals surface area contributed by atoms with Gasteiger partial charge in [0, 0.05) is 12.6 Å². The number of carbonyl (C=O) groups excluding carboxylic acids is 1. The van der Waals surface area contributed by atoms with Crippen LogP contribution in [-0.4, -0.2) is 34.0 Å². The smallest absolute Gasteiger partial charge is 0.312 e. The fourth-order valence-corrected chi connectivity index (χ4v) is 1.52. The van der Waals surface area contributed by atoms with E-state index in [2.05, 4.69) is 0 Å². The molecule has 0 bridgehead atoms. The first-order chi connectivity index (χ1) is 7.93. The van der Waals surface area contributed by atoms with E-state index in [0.717, 1.165) is 0 Å². The number of hydrogen-bond donors (Lipinski definition) is 2. The Hall–Kier alpha value is -2.04. The van der Waals surface area contributed by atoms with Gasteiger partial charge in [-0.25, -0.2) is 0 Å². The Morgan fingerprint density at radius 2 is 1.94 bits per heavy atom. The van der Waals surface area contributed by atoms with Crippen LogP contribution in [0.25, 0.3) is 0 Å². The van der Waals surface area contributed by atoms with Crippen molar-refractivity contribution in [2.75, 3.05) is 7.05 Å². The van der Waals surface area contributed by atoms with E-state index in [1.807, 2.05) is 0 Å². The van der Waals surface area contributed by atoms with Crippen molar-refractivity contribution in [3.05, 3.63) is 29.8 Å². The number of phenols is 1. The van der Waals surface area contributed by atoms with E-state index in [1.54, 1.807) is 25.1 Å². The molecule has 1 aromatic carbocycles. The summed E-state index contributed by atoms with van der Waals surface area (Å²) in [4.78, 5) is 23.3. The van der Waals surface area contributed by atoms with Crippen molar-refractivity contribution in [2.45, 2.75) is 19.4 Å². The first kappa shape index (κ1) is 13.0. The van der Waals surface area contributed by atoms with Crippen molar-refractivity contribution < 1.29 is 19.8 Å². The summed E-state index contributed by atoms with van der Waals surface area (Å²) >= 11 is 0. The number of para-hydroxylation sites is 1. The lowest BCUT2D eigenvalue weighted by Gasteiger charge is -2.25. The number of hydrogen-bond acceptors (Lipinski definition) is 3. The van der Waals surface area contributed by atoms with Crippen LogP contribution in [0.15, 0.2) is 24.3 Å². The zero-order chi connectivity index (χ0) is 13.0. The number of carboxylic acid groups (broad SMARTS) is 1. The monoisotopic (exact) mass is 237 g/mol. The van der Waals surface area contributed by atoms with Crippen molar-refractivity contribution in [1.82, 2.24) is 4.90 Å². The second-order valence-corrected chi connectivity index (χ2v) is 3.81. The van der Waals surface area contributed by atoms with E-state index in [9.17, 15) is 14.7 Å². The Morgan fingerprint density at radius 3 is 2.47 bits per heavy atom. The van der Waals surface area contributed by atoms with Gasteiger partial charge in [-0.15, -0.1) is 0 Å². The van der Waals surface area contributed by atoms with Crippen LogP contribution < -0.4 is 0 Å². The summed E-state index contributed by atoms with van der Waals surface area (Å²) in [6.07, 6.45) is -0.547. The molecule has 92 valence electrons. The minimum absolute atomic E-state index is 0.0926. The predicted octanol–water partition coefficient (Wildman–Crippen LogP) is 1.39. The highest BCUT2D eigenvalue weighted by Gasteiger charge is 2.21. The first-order valence-electron chi connectivity index (χ1n) is 5.18. The summed E-state index contributed by atoms with van der Waals surface area (Å²) in [7, 11) is 1.52. The molecule has 0 heterocycles. The van der Waals surface area contributed by atoms with Crippen molar-refractivity contribution >= 4 is 11.9 Å². The summed E-state index contributed by atoms with van der Waals surface area (Å²) in [6.45, 7) is 1.73. The number of nitrogens with zero attached hydrogens (tertiary/aromatic N) is 1. The summed E-state index contributed by atoms with van der Waals surface area (Å²) in [5, 5.41) is 18.2. The van der Waals surface area contributed by atoms with E-state index < -0.39 is 18.3 Å². The third kappa shape index (κ3) is 3.21. The van der Waals surface area contributed by atoms with Gasteiger partial charge in [0.1, 0.15) is 12.2 Å². The summed E-state index contributed by atoms with van der Waals surface area (Å²) in [6, 6.07) is 6.29. The summed E-state index contributed by atoms with van der Waals surface area (Å²) in [5.74, 6) is -1.56. The van der Waals surface area contributed by atoms with Crippen LogP contribution in [0.1, 0.15) is 24.9 Å². The SMILES string of the molecule is CC(c1ccccc1O)N(C)C(=O)CC(=O)O. The molecule has 1 rings (SSSR count). The summed E-state index contributed by atoms with van der Waals surface area (Å²) in [5.41, 5.74) is 0.591. The molecule has 0 aliphatic rings. The van der Waals surface area contributed by atoms with E-state index in [1.165, 1.54) is 18.0 Å². The highest BCUT2D eigenvalue weighted by atomic mass is 16.4. The fourth-order valence-electron chi connectivity index (χ4n) is 1.52. The Balaban J connectivity index is 2.83. The van der Waals surface area contributed by atoms with E-state index in [4.69, 9.17) is 5.11 Å². The van der Waals surface area contributed by atoms with Crippen LogP contribution in [0.2, 0.25) is 0 Å². The van der Waals surface area contributed by atoms with Gasteiger partial charge in [-0.3, -0.25) is 9.59 Å². The van der Waals surface area contributed by atoms with E-state index >= 15 is 0 Å². The normalized spacial score (nSPS) is 11.9. The fraction of sp³-hybridized carbons (Fsp3) is 0.333. The van der Waals surface area contributed by atoms with Gasteiger partial charge in [-0.2, -0.15) is 0 Å². The molecule has 0 fully saturated rings. The lowest BCUT2D eigenvalue weighted by atomic mass is 10.1. The van der Waals surface area contributed by atoms with Gasteiger partial charge >= 0.3 is 5.97 Å². The minimum Gasteiger partial charge on any atom is -0.508 e. The number of aromatic hydroxyl groups is 1. The lowest BCUT2D eigenvalue weighted by molar-refractivity contribution is -0.144. The molecule has 0 spiro atoms. The van der Waals surface area contributed by atoms with Gasteiger partial charge in [-0.1, -0.05) is 18.2 Å². The van der Waals surface area contributed by atoms with Gasteiger partial charge in [0.2, 0.25) is 5.91 Å². The maximum absolute atomic E-state index is 11.5. The number of aliphatic carboxylic acids is 1. The van der Waals surface area contributed by atoms with Crippen LogP contribution in [0.3, 0.4) is 0 Å². The third-order valence-electron chi connectivity index (χ3n) is 2.66. The van der Waals surface area contributed by atoms with Crippen LogP contribution in [0.5, 0.6) is 5.75 Å². The number of carbonyl (C=O) groups is 2. The maximum Gasteiger partial charge on any atom is 0.312 e. The Morgan fingerprint density at radius 1 is 1.35 bits per heavy atom. The molecule has 0 aromatic heterocycles. The molecule has 1 atom stereocenters. The molecule has 1 amide bonds. The number of rotatable bonds is 4. The van der Waals surface area contributed by atoms with Crippen molar-refractivity contribution in [2.24, 2.45) is 0 Å². The third-order valence-corrected chi connectivity index (χ3v) is 2.66. The molecule has 1 aromatic rings. The molecule has 5 heteroatoms. The van der Waals surface area contributed by atoms with Gasteiger partial charge in [0.05, 0.1) is 6.04 Å². The van der Waals surface area contributed by atoms with Crippen molar-refractivity contribution in [3.63, 3.8) is 0 Å². The molecule has 5 nitrogen and oxygen atoms in total. The van der Waals surface area contributed by atoms with Gasteiger partial charge in [0.15, 0.2) is 0 Å². The second-order valence-electron chi connectivity index (χ2n) is 3.81. The largest absolute Gasteiger partial charge is 0.508 e. The van der Waals surface area contributed by atoms with E-state index in [-0.39, 0.29) is 11.8 Å². The molecule has 0 saturated carbocycles. The van der Waals surface area contributed by atoms with E-state index in [0.29, 0.717) is 5.56 Å². The zero-order valence-electron chi connectivity index (χ0n) is 9.75. The van der Waals surface area contributed by atoms with Crippen LogP contribution >= 0.6 is 0 Å². The standard InChI is InChI=1S/C12H15NO4/c1-8(9-5-3-4-6-10(9)14)13(2)11(15)7-12(16)17/h3-6,8,14H,7H2,1-2H3,(H,16,17). The Labute approximate surface area is 99.3 Å². The van der Waals surface area contributed by atoms with Gasteiger partial charge < -0.3 is 15.1 Å². The molecule has 1 unspecified atom stereocenters. The van der Waals surface area contributed by atoms with Crippen LogP contribution in [0, 0.1) is 0 Å². The second kappa shape index (κ2) is 5.34. The maximum atomic E-state index is 11.5. The topological polar surface area (TPSA) is 77.8 Å². The molecular formula is C12H15NO4. The predicted molar refractivity (Wildman–Crippen MR) is 61.5 cm³/mol. The number of carboxylic acids is 1. The molecule has 0 aliphatic carbocycles. The molecular weight excluding hydrogens is 222 g/mol. The molecule has 2 N–H and O–H groups in total. The first-order valence-corrected chi connectivity index (χ1v) is 5.18. The van der Waals surface area contributed by atoms with Gasteiger partial charge in [0.25, 0.3) is 0 Å². The molecule has 17 heavy (non-hydrogen) atoms. The highest BCUT2D eigenvalue weighted by Crippen LogP contribution is 2.27. The Bertz CT molecular complexity index is 430. The van der Waals surface area contributed by atoms with Crippen molar-refractivity contribution in [1.29, 1.82) is 0 Å². The average molecular weight is 237 g/mol. The van der Waals surface area contributed by atoms with Crippen LogP contribution in [-0.2, 0) is 9.59 Å².